The Bertz CT molecular complexity index is 607. The largest absolute Gasteiger partial charge is 0.378 e. The molecule has 0 saturated heterocycles. The summed E-state index contributed by atoms with van der Waals surface area (Å²) in [5.41, 5.74) is 5.32. The highest BCUT2D eigenvalue weighted by Crippen LogP contribution is 2.30. The quantitative estimate of drug-likeness (QED) is 0.689. The molecule has 7 heteroatoms. The van der Waals surface area contributed by atoms with Gasteiger partial charge >= 0.3 is 5.69 Å². The fraction of sp³-hybridized carbons (Fsp3) is 0. The third-order valence-electron chi connectivity index (χ3n) is 2.09. The van der Waals surface area contributed by atoms with Gasteiger partial charge in [0, 0.05) is 16.0 Å². The zero-order valence-corrected chi connectivity index (χ0v) is 10.6. The molecule has 2 N–H and O–H groups in total. The zero-order chi connectivity index (χ0) is 13.1. The van der Waals surface area contributed by atoms with Crippen molar-refractivity contribution < 1.29 is 4.92 Å². The maximum Gasteiger partial charge on any atom is 0.311 e. The number of hydrogen-bond donors (Lipinski definition) is 1. The summed E-state index contributed by atoms with van der Waals surface area (Å²) in [7, 11) is 0. The third kappa shape index (κ3) is 2.91. The molecule has 5 nitrogen and oxygen atoms in total. The topological polar surface area (TPSA) is 82.0 Å². The van der Waals surface area contributed by atoms with E-state index in [4.69, 9.17) is 17.3 Å². The molecule has 2 aromatic rings. The van der Waals surface area contributed by atoms with Crippen LogP contribution in [-0.4, -0.2) is 9.91 Å². The Balaban J connectivity index is 2.25. The van der Waals surface area contributed by atoms with Crippen LogP contribution in [0.4, 0.5) is 11.5 Å². The van der Waals surface area contributed by atoms with Crippen molar-refractivity contribution in [1.29, 1.82) is 0 Å². The minimum atomic E-state index is -0.559. The summed E-state index contributed by atoms with van der Waals surface area (Å²) in [5.74, 6) is -0.0907. The van der Waals surface area contributed by atoms with Gasteiger partial charge in [0.1, 0.15) is 5.03 Å². The maximum absolute atomic E-state index is 10.6. The molecule has 18 heavy (non-hydrogen) atoms. The van der Waals surface area contributed by atoms with Gasteiger partial charge in [-0.2, -0.15) is 0 Å². The first-order valence-electron chi connectivity index (χ1n) is 4.90. The number of pyridine rings is 1. The first-order chi connectivity index (χ1) is 8.56. The number of halogens is 1. The Morgan fingerprint density at radius 2 is 2.11 bits per heavy atom. The van der Waals surface area contributed by atoms with Crippen LogP contribution >= 0.6 is 23.4 Å². The maximum atomic E-state index is 10.6. The number of nitrogens with zero attached hydrogens (tertiary/aromatic N) is 2. The molecule has 1 aromatic carbocycles. The van der Waals surface area contributed by atoms with Gasteiger partial charge in [-0.25, -0.2) is 4.98 Å². The van der Waals surface area contributed by atoms with Crippen molar-refractivity contribution in [2.45, 2.75) is 9.92 Å². The van der Waals surface area contributed by atoms with E-state index in [0.717, 1.165) is 4.90 Å². The smallest absolute Gasteiger partial charge is 0.311 e. The average molecular weight is 282 g/mol. The summed E-state index contributed by atoms with van der Waals surface area (Å²) in [6.07, 6.45) is 0. The highest BCUT2D eigenvalue weighted by Gasteiger charge is 2.13. The predicted molar refractivity (Wildman–Crippen MR) is 70.9 cm³/mol. The Labute approximate surface area is 112 Å². The van der Waals surface area contributed by atoms with Gasteiger partial charge in [0.15, 0.2) is 0 Å². The van der Waals surface area contributed by atoms with Crippen molar-refractivity contribution in [2.75, 3.05) is 5.73 Å². The lowest BCUT2D eigenvalue weighted by Gasteiger charge is -2.02. The summed E-state index contributed by atoms with van der Waals surface area (Å²) >= 11 is 7.20. The number of hydrogen-bond acceptors (Lipinski definition) is 5. The van der Waals surface area contributed by atoms with Crippen molar-refractivity contribution in [2.24, 2.45) is 0 Å². The van der Waals surface area contributed by atoms with E-state index < -0.39 is 4.92 Å². The number of benzene rings is 1. The van der Waals surface area contributed by atoms with Crippen LogP contribution in [0.1, 0.15) is 0 Å². The molecule has 0 radical (unpaired) electrons. The van der Waals surface area contributed by atoms with Crippen LogP contribution in [-0.2, 0) is 0 Å². The van der Waals surface area contributed by atoms with Gasteiger partial charge in [-0.05, 0) is 24.3 Å². The van der Waals surface area contributed by atoms with Gasteiger partial charge in [0.05, 0.1) is 4.92 Å². The molecule has 2 rings (SSSR count). The standard InChI is InChI=1S/C11H8ClN3O2S/c12-7-2-1-3-8(6-7)18-10-5-4-9(15(16)17)11(13)14-10/h1-6H,(H2,13,14). The third-order valence-corrected chi connectivity index (χ3v) is 3.25. The van der Waals surface area contributed by atoms with E-state index in [1.54, 1.807) is 18.2 Å². The number of nitrogens with two attached hydrogens (primary N) is 1. The number of anilines is 1. The first kappa shape index (κ1) is 12.7. The fourth-order valence-corrected chi connectivity index (χ4v) is 2.42. The van der Waals surface area contributed by atoms with E-state index in [9.17, 15) is 10.1 Å². The monoisotopic (exact) mass is 281 g/mol. The highest BCUT2D eigenvalue weighted by atomic mass is 35.5. The molecule has 0 amide bonds. The molecule has 0 aliphatic carbocycles. The molecule has 0 fully saturated rings. The molecule has 0 bridgehead atoms. The lowest BCUT2D eigenvalue weighted by atomic mass is 10.4. The molecule has 0 saturated carbocycles. The van der Waals surface area contributed by atoms with E-state index in [0.29, 0.717) is 10.0 Å². The van der Waals surface area contributed by atoms with Crippen LogP contribution in [0.3, 0.4) is 0 Å². The van der Waals surface area contributed by atoms with Crippen LogP contribution < -0.4 is 5.73 Å². The Morgan fingerprint density at radius 3 is 2.72 bits per heavy atom. The lowest BCUT2D eigenvalue weighted by molar-refractivity contribution is -0.384. The second-order valence-corrected chi connectivity index (χ2v) is 4.90. The van der Waals surface area contributed by atoms with Gasteiger partial charge in [-0.15, -0.1) is 0 Å². The van der Waals surface area contributed by atoms with Crippen LogP contribution in [0.5, 0.6) is 0 Å². The molecular weight excluding hydrogens is 274 g/mol. The number of rotatable bonds is 3. The van der Waals surface area contributed by atoms with Gasteiger partial charge in [0.2, 0.25) is 5.82 Å². The second kappa shape index (κ2) is 5.24. The summed E-state index contributed by atoms with van der Waals surface area (Å²) in [4.78, 5) is 14.9. The van der Waals surface area contributed by atoms with Crippen molar-refractivity contribution >= 4 is 34.9 Å². The Hall–Kier alpha value is -1.79. The summed E-state index contributed by atoms with van der Waals surface area (Å²) < 4.78 is 0. The van der Waals surface area contributed by atoms with Gasteiger partial charge in [0.25, 0.3) is 0 Å². The van der Waals surface area contributed by atoms with Crippen LogP contribution in [0, 0.1) is 10.1 Å². The van der Waals surface area contributed by atoms with E-state index in [1.165, 1.54) is 17.8 Å². The van der Waals surface area contributed by atoms with Crippen molar-refractivity contribution in [3.63, 3.8) is 0 Å². The van der Waals surface area contributed by atoms with Gasteiger partial charge in [-0.1, -0.05) is 29.4 Å². The molecule has 1 heterocycles. The van der Waals surface area contributed by atoms with Gasteiger partial charge in [-0.3, -0.25) is 10.1 Å². The van der Waals surface area contributed by atoms with Crippen LogP contribution in [0.2, 0.25) is 5.02 Å². The molecule has 0 unspecified atom stereocenters. The van der Waals surface area contributed by atoms with Crippen molar-refractivity contribution in [3.8, 4) is 0 Å². The van der Waals surface area contributed by atoms with E-state index in [2.05, 4.69) is 4.98 Å². The lowest BCUT2D eigenvalue weighted by Crippen LogP contribution is -1.98. The minimum Gasteiger partial charge on any atom is -0.378 e. The molecule has 0 atom stereocenters. The highest BCUT2D eigenvalue weighted by molar-refractivity contribution is 7.99. The van der Waals surface area contributed by atoms with Gasteiger partial charge < -0.3 is 5.73 Å². The molecule has 0 aliphatic rings. The first-order valence-corrected chi connectivity index (χ1v) is 6.10. The number of aromatic nitrogens is 1. The minimum absolute atomic E-state index is 0.0907. The van der Waals surface area contributed by atoms with E-state index in [-0.39, 0.29) is 11.5 Å². The Kier molecular flexibility index (Phi) is 3.69. The number of nitro groups is 1. The predicted octanol–water partition coefficient (Wildman–Crippen LogP) is 3.38. The molecule has 0 aliphatic heterocycles. The summed E-state index contributed by atoms with van der Waals surface area (Å²) in [6, 6.07) is 10.1. The molecule has 92 valence electrons. The average Bonchev–Trinajstić information content (AvgIpc) is 2.28. The van der Waals surface area contributed by atoms with Crippen molar-refractivity contribution in [3.05, 3.63) is 51.5 Å². The fourth-order valence-electron chi connectivity index (χ4n) is 1.31. The Morgan fingerprint density at radius 1 is 1.33 bits per heavy atom. The number of nitrogen functional groups attached to an aromatic ring is 1. The summed E-state index contributed by atoms with van der Waals surface area (Å²) in [5, 5.41) is 11.8. The van der Waals surface area contributed by atoms with Crippen molar-refractivity contribution in [1.82, 2.24) is 4.98 Å². The second-order valence-electron chi connectivity index (χ2n) is 3.37. The summed E-state index contributed by atoms with van der Waals surface area (Å²) in [6.45, 7) is 0. The molecule has 1 aromatic heterocycles. The SMILES string of the molecule is Nc1nc(Sc2cccc(Cl)c2)ccc1[N+](=O)[O-]. The normalized spacial score (nSPS) is 10.3. The van der Waals surface area contributed by atoms with Crippen LogP contribution in [0.15, 0.2) is 46.3 Å². The molecular formula is C11H8ClN3O2S. The van der Waals surface area contributed by atoms with E-state index >= 15 is 0 Å². The zero-order valence-electron chi connectivity index (χ0n) is 9.04. The van der Waals surface area contributed by atoms with E-state index in [1.807, 2.05) is 12.1 Å². The van der Waals surface area contributed by atoms with Crippen LogP contribution in [0.25, 0.3) is 0 Å². The molecule has 0 spiro atoms.